The molecule has 2 unspecified atom stereocenters. The van der Waals surface area contributed by atoms with Gasteiger partial charge in [0.25, 0.3) is 0 Å². The van der Waals surface area contributed by atoms with Gasteiger partial charge < -0.3 is 0 Å². The van der Waals surface area contributed by atoms with Crippen molar-refractivity contribution in [3.05, 3.63) is 46.0 Å². The highest BCUT2D eigenvalue weighted by Crippen LogP contribution is 2.46. The fourth-order valence-corrected chi connectivity index (χ4v) is 2.93. The van der Waals surface area contributed by atoms with Gasteiger partial charge in [-0.1, -0.05) is 46.3 Å². The molecule has 3 rings (SSSR count). The molecular formula is C12H7BrO2. The molecule has 3 aliphatic rings. The van der Waals surface area contributed by atoms with Crippen molar-refractivity contribution in [2.45, 2.75) is 0 Å². The van der Waals surface area contributed by atoms with Crippen molar-refractivity contribution in [2.24, 2.45) is 11.8 Å². The highest BCUT2D eigenvalue weighted by molar-refractivity contribution is 9.11. The van der Waals surface area contributed by atoms with E-state index in [1.165, 1.54) is 0 Å². The van der Waals surface area contributed by atoms with E-state index in [9.17, 15) is 9.59 Å². The monoisotopic (exact) mass is 262 g/mol. The second kappa shape index (κ2) is 2.89. The number of allylic oxidation sites excluding steroid dienone is 8. The normalized spacial score (nSPS) is 32.2. The summed E-state index contributed by atoms with van der Waals surface area (Å²) >= 11 is 3.47. The molecule has 0 radical (unpaired) electrons. The third kappa shape index (κ3) is 1.04. The van der Waals surface area contributed by atoms with Crippen LogP contribution in [0, 0.1) is 11.8 Å². The Morgan fingerprint density at radius 3 is 2.40 bits per heavy atom. The quantitative estimate of drug-likeness (QED) is 0.627. The van der Waals surface area contributed by atoms with Crippen LogP contribution in [0.25, 0.3) is 0 Å². The second-order valence-corrected chi connectivity index (χ2v) is 4.76. The summed E-state index contributed by atoms with van der Waals surface area (Å²) in [4.78, 5) is 23.3. The van der Waals surface area contributed by atoms with Crippen LogP contribution >= 0.6 is 15.9 Å². The molecule has 74 valence electrons. The number of rotatable bonds is 0. The van der Waals surface area contributed by atoms with Gasteiger partial charge in [-0.2, -0.15) is 0 Å². The van der Waals surface area contributed by atoms with E-state index in [1.807, 2.05) is 18.2 Å². The number of carbonyl (C=O) groups is 2. The molecule has 0 spiro atoms. The van der Waals surface area contributed by atoms with E-state index in [2.05, 4.69) is 15.9 Å². The van der Waals surface area contributed by atoms with Gasteiger partial charge in [-0.3, -0.25) is 9.59 Å². The van der Waals surface area contributed by atoms with E-state index in [0.29, 0.717) is 11.1 Å². The van der Waals surface area contributed by atoms with Crippen LogP contribution in [0.2, 0.25) is 0 Å². The van der Waals surface area contributed by atoms with Gasteiger partial charge >= 0.3 is 0 Å². The van der Waals surface area contributed by atoms with Crippen molar-refractivity contribution in [3.8, 4) is 0 Å². The standard InChI is InChI=1S/C12H7BrO2/c13-9-5-4-8-10-6(9)2-1-3-7(10)11(14)12(8)15/h1-6,10H. The van der Waals surface area contributed by atoms with Gasteiger partial charge in [-0.05, 0) is 0 Å². The number of halogens is 1. The minimum Gasteiger partial charge on any atom is -0.285 e. The summed E-state index contributed by atoms with van der Waals surface area (Å²) in [6.07, 6.45) is 9.25. The molecule has 0 aromatic heterocycles. The smallest absolute Gasteiger partial charge is 0.229 e. The van der Waals surface area contributed by atoms with Crippen molar-refractivity contribution >= 4 is 27.5 Å². The number of Topliss-reactive ketones (excluding diaryl/α,β-unsaturated/α-hetero) is 2. The third-order valence-corrected chi connectivity index (χ3v) is 3.89. The lowest BCUT2D eigenvalue weighted by Crippen LogP contribution is -2.19. The number of hydrogen-bond donors (Lipinski definition) is 0. The fraction of sp³-hybridized carbons (Fsp3) is 0.167. The zero-order chi connectivity index (χ0) is 10.6. The highest BCUT2D eigenvalue weighted by Gasteiger charge is 2.46. The zero-order valence-electron chi connectivity index (χ0n) is 7.74. The van der Waals surface area contributed by atoms with Crippen LogP contribution in [0.4, 0.5) is 0 Å². The molecule has 0 heterocycles. The number of hydrogen-bond acceptors (Lipinski definition) is 2. The highest BCUT2D eigenvalue weighted by atomic mass is 79.9. The Labute approximate surface area is 95.2 Å². The SMILES string of the molecule is O=C1C(=O)C2=CC=C(Br)C3C=CC=C1C23. The Morgan fingerprint density at radius 2 is 1.67 bits per heavy atom. The summed E-state index contributed by atoms with van der Waals surface area (Å²) in [6.45, 7) is 0. The maximum Gasteiger partial charge on any atom is 0.229 e. The molecule has 0 amide bonds. The molecule has 0 aromatic carbocycles. The lowest BCUT2D eigenvalue weighted by atomic mass is 9.79. The summed E-state index contributed by atoms with van der Waals surface area (Å²) in [5, 5.41) is 0. The molecule has 0 aliphatic heterocycles. The first-order valence-corrected chi connectivity index (χ1v) is 5.54. The van der Waals surface area contributed by atoms with E-state index in [4.69, 9.17) is 0 Å². The van der Waals surface area contributed by atoms with Crippen molar-refractivity contribution in [1.82, 2.24) is 0 Å². The summed E-state index contributed by atoms with van der Waals surface area (Å²) < 4.78 is 1.03. The van der Waals surface area contributed by atoms with Crippen LogP contribution in [0.3, 0.4) is 0 Å². The van der Waals surface area contributed by atoms with E-state index in [1.54, 1.807) is 12.2 Å². The van der Waals surface area contributed by atoms with Gasteiger partial charge in [0.15, 0.2) is 0 Å². The fourth-order valence-electron chi connectivity index (χ4n) is 2.38. The first-order valence-electron chi connectivity index (χ1n) is 4.75. The maximum atomic E-state index is 11.7. The topological polar surface area (TPSA) is 34.1 Å². The average molecular weight is 263 g/mol. The molecule has 3 aliphatic carbocycles. The molecule has 15 heavy (non-hydrogen) atoms. The minimum atomic E-state index is -0.337. The van der Waals surface area contributed by atoms with Gasteiger partial charge in [0, 0.05) is 27.5 Å². The van der Waals surface area contributed by atoms with E-state index in [0.717, 1.165) is 4.48 Å². The predicted octanol–water partition coefficient (Wildman–Crippen LogP) is 2.09. The molecule has 0 aromatic rings. The van der Waals surface area contributed by atoms with Crippen molar-refractivity contribution in [3.63, 3.8) is 0 Å². The second-order valence-electron chi connectivity index (χ2n) is 3.84. The Kier molecular flexibility index (Phi) is 1.74. The molecule has 0 saturated heterocycles. The minimum absolute atomic E-state index is 0.0469. The lowest BCUT2D eigenvalue weighted by molar-refractivity contribution is -0.130. The van der Waals surface area contributed by atoms with E-state index >= 15 is 0 Å². The molecule has 1 saturated carbocycles. The Balaban J connectivity index is 2.24. The van der Waals surface area contributed by atoms with Crippen LogP contribution in [-0.2, 0) is 9.59 Å². The van der Waals surface area contributed by atoms with E-state index < -0.39 is 0 Å². The maximum absolute atomic E-state index is 11.7. The predicted molar refractivity (Wildman–Crippen MR) is 59.3 cm³/mol. The van der Waals surface area contributed by atoms with Gasteiger partial charge in [0.05, 0.1) is 0 Å². The zero-order valence-corrected chi connectivity index (χ0v) is 9.32. The van der Waals surface area contributed by atoms with Gasteiger partial charge in [-0.25, -0.2) is 0 Å². The van der Waals surface area contributed by atoms with Crippen LogP contribution < -0.4 is 0 Å². The van der Waals surface area contributed by atoms with Crippen LogP contribution in [-0.4, -0.2) is 11.6 Å². The number of ketones is 2. The average Bonchev–Trinajstić information content (AvgIpc) is 2.50. The van der Waals surface area contributed by atoms with Crippen molar-refractivity contribution in [1.29, 1.82) is 0 Å². The Bertz CT molecular complexity index is 506. The van der Waals surface area contributed by atoms with Crippen molar-refractivity contribution in [2.75, 3.05) is 0 Å². The largest absolute Gasteiger partial charge is 0.285 e. The summed E-state index contributed by atoms with van der Waals surface area (Å²) in [5.74, 6) is -0.595. The van der Waals surface area contributed by atoms with Crippen LogP contribution in [0.1, 0.15) is 0 Å². The first-order chi connectivity index (χ1) is 7.20. The van der Waals surface area contributed by atoms with Gasteiger partial charge in [0.2, 0.25) is 11.6 Å². The number of carbonyl (C=O) groups excluding carboxylic acids is 2. The van der Waals surface area contributed by atoms with Crippen LogP contribution in [0.15, 0.2) is 46.0 Å². The summed E-state index contributed by atoms with van der Waals surface area (Å²) in [7, 11) is 0. The molecule has 3 heteroatoms. The van der Waals surface area contributed by atoms with Crippen LogP contribution in [0.5, 0.6) is 0 Å². The Hall–Kier alpha value is -1.22. The molecule has 2 atom stereocenters. The Morgan fingerprint density at radius 1 is 1.00 bits per heavy atom. The third-order valence-electron chi connectivity index (χ3n) is 3.09. The molecular weight excluding hydrogens is 256 g/mol. The molecule has 0 N–H and O–H groups in total. The van der Waals surface area contributed by atoms with Crippen molar-refractivity contribution < 1.29 is 9.59 Å². The lowest BCUT2D eigenvalue weighted by Gasteiger charge is -2.26. The van der Waals surface area contributed by atoms with E-state index in [-0.39, 0.29) is 23.4 Å². The van der Waals surface area contributed by atoms with Gasteiger partial charge in [-0.15, -0.1) is 0 Å². The first kappa shape index (κ1) is 9.04. The summed E-state index contributed by atoms with van der Waals surface area (Å²) in [6, 6.07) is 0. The van der Waals surface area contributed by atoms with Gasteiger partial charge in [0.1, 0.15) is 0 Å². The molecule has 0 bridgehead atoms. The summed E-state index contributed by atoms with van der Waals surface area (Å²) in [5.41, 5.74) is 1.28. The molecule has 2 nitrogen and oxygen atoms in total. The molecule has 1 fully saturated rings.